The lowest BCUT2D eigenvalue weighted by molar-refractivity contribution is -0.118. The van der Waals surface area contributed by atoms with Gasteiger partial charge in [0, 0.05) is 29.6 Å². The van der Waals surface area contributed by atoms with Gasteiger partial charge in [0.25, 0.3) is 5.91 Å². The van der Waals surface area contributed by atoms with Gasteiger partial charge in [-0.15, -0.1) is 0 Å². The molecule has 2 heterocycles. The lowest BCUT2D eigenvalue weighted by Crippen LogP contribution is -2.24. The highest BCUT2D eigenvalue weighted by atomic mass is 16.2. The molecule has 3 aromatic rings. The van der Waals surface area contributed by atoms with Crippen LogP contribution in [0, 0.1) is 13.8 Å². The molecule has 2 amide bonds. The predicted octanol–water partition coefficient (Wildman–Crippen LogP) is 1.74. The molecule has 0 atom stereocenters. The van der Waals surface area contributed by atoms with E-state index in [4.69, 9.17) is 5.73 Å². The fourth-order valence-electron chi connectivity index (χ4n) is 3.08. The molecule has 28 heavy (non-hydrogen) atoms. The van der Waals surface area contributed by atoms with Gasteiger partial charge in [-0.3, -0.25) is 19.4 Å². The van der Waals surface area contributed by atoms with Crippen molar-refractivity contribution in [1.29, 1.82) is 0 Å². The minimum Gasteiger partial charge on any atom is -0.368 e. The molecular weight excluding hydrogens is 356 g/mol. The summed E-state index contributed by atoms with van der Waals surface area (Å²) in [4.78, 5) is 23.3. The average Bonchev–Trinajstić information content (AvgIpc) is 3.25. The van der Waals surface area contributed by atoms with E-state index in [1.807, 2.05) is 26.0 Å². The van der Waals surface area contributed by atoms with Crippen LogP contribution in [0.5, 0.6) is 0 Å². The second-order valence-corrected chi connectivity index (χ2v) is 6.74. The lowest BCUT2D eigenvalue weighted by Gasteiger charge is -2.06. The number of carbonyl (C=O) groups is 2. The Hall–Kier alpha value is -3.42. The number of primary amides is 1. The van der Waals surface area contributed by atoms with Crippen LogP contribution < -0.4 is 11.1 Å². The fraction of sp³-hybridized carbons (Fsp3) is 0.300. The van der Waals surface area contributed by atoms with Crippen LogP contribution in [0.2, 0.25) is 0 Å². The van der Waals surface area contributed by atoms with E-state index >= 15 is 0 Å². The number of nitrogens with one attached hydrogen (secondary N) is 2. The first kappa shape index (κ1) is 19.3. The number of carbonyl (C=O) groups excluding carboxylic acids is 2. The first-order chi connectivity index (χ1) is 13.4. The Morgan fingerprint density at radius 1 is 1.18 bits per heavy atom. The van der Waals surface area contributed by atoms with Crippen LogP contribution in [0.3, 0.4) is 0 Å². The maximum Gasteiger partial charge on any atom is 0.251 e. The number of aryl methyl sites for hydroxylation is 2. The standard InChI is InChI=1S/C20H24N6O2/c1-13-18(14(2)25-24-13)4-3-9-22-20(28)16-7-5-15(6-8-16)17-10-23-26(11-17)12-19(21)27/h5-8,10-11H,3-4,9,12H2,1-2H3,(H2,21,27)(H,22,28)(H,24,25). The molecule has 0 spiro atoms. The van der Waals surface area contributed by atoms with E-state index in [2.05, 4.69) is 20.6 Å². The van der Waals surface area contributed by atoms with Gasteiger partial charge in [-0.05, 0) is 49.9 Å². The van der Waals surface area contributed by atoms with Crippen molar-refractivity contribution in [3.05, 3.63) is 59.2 Å². The topological polar surface area (TPSA) is 119 Å². The molecule has 0 saturated heterocycles. The molecule has 146 valence electrons. The molecule has 0 aliphatic rings. The Kier molecular flexibility index (Phi) is 5.88. The second-order valence-electron chi connectivity index (χ2n) is 6.74. The third-order valence-corrected chi connectivity index (χ3v) is 4.60. The number of amides is 2. The minimum absolute atomic E-state index is 0.0400. The molecule has 2 aromatic heterocycles. The third-order valence-electron chi connectivity index (χ3n) is 4.60. The van der Waals surface area contributed by atoms with Crippen molar-refractivity contribution in [3.8, 4) is 11.1 Å². The number of aromatic amines is 1. The number of H-pyrrole nitrogens is 1. The van der Waals surface area contributed by atoms with E-state index in [1.54, 1.807) is 24.5 Å². The summed E-state index contributed by atoms with van der Waals surface area (Å²) in [5, 5.41) is 14.2. The van der Waals surface area contributed by atoms with E-state index in [1.165, 1.54) is 10.2 Å². The van der Waals surface area contributed by atoms with Crippen LogP contribution in [-0.4, -0.2) is 38.3 Å². The molecule has 4 N–H and O–H groups in total. The van der Waals surface area contributed by atoms with Gasteiger partial charge >= 0.3 is 0 Å². The van der Waals surface area contributed by atoms with Crippen molar-refractivity contribution in [2.75, 3.05) is 6.54 Å². The van der Waals surface area contributed by atoms with Crippen molar-refractivity contribution < 1.29 is 9.59 Å². The average molecular weight is 380 g/mol. The summed E-state index contributed by atoms with van der Waals surface area (Å²) in [6, 6.07) is 7.28. The number of rotatable bonds is 8. The summed E-state index contributed by atoms with van der Waals surface area (Å²) in [6.45, 7) is 4.63. The zero-order valence-corrected chi connectivity index (χ0v) is 16.0. The van der Waals surface area contributed by atoms with Crippen molar-refractivity contribution in [3.63, 3.8) is 0 Å². The molecule has 0 aliphatic carbocycles. The zero-order chi connectivity index (χ0) is 20.1. The molecule has 8 nitrogen and oxygen atoms in total. The van der Waals surface area contributed by atoms with Crippen molar-refractivity contribution in [2.24, 2.45) is 5.73 Å². The Morgan fingerprint density at radius 3 is 2.57 bits per heavy atom. The molecule has 0 saturated carbocycles. The molecule has 0 fully saturated rings. The Labute approximate surface area is 163 Å². The van der Waals surface area contributed by atoms with E-state index < -0.39 is 5.91 Å². The summed E-state index contributed by atoms with van der Waals surface area (Å²) in [5.41, 5.74) is 10.9. The maximum absolute atomic E-state index is 12.3. The van der Waals surface area contributed by atoms with Gasteiger partial charge in [0.2, 0.25) is 5.91 Å². The van der Waals surface area contributed by atoms with Gasteiger partial charge in [-0.2, -0.15) is 10.2 Å². The van der Waals surface area contributed by atoms with E-state index in [9.17, 15) is 9.59 Å². The smallest absolute Gasteiger partial charge is 0.251 e. The predicted molar refractivity (Wildman–Crippen MR) is 106 cm³/mol. The monoisotopic (exact) mass is 380 g/mol. The Balaban J connectivity index is 1.52. The van der Waals surface area contributed by atoms with Gasteiger partial charge in [0.15, 0.2) is 0 Å². The summed E-state index contributed by atoms with van der Waals surface area (Å²) in [7, 11) is 0. The number of nitrogens with zero attached hydrogens (tertiary/aromatic N) is 3. The lowest BCUT2D eigenvalue weighted by atomic mass is 10.1. The van der Waals surface area contributed by atoms with Crippen molar-refractivity contribution >= 4 is 11.8 Å². The normalized spacial score (nSPS) is 10.8. The van der Waals surface area contributed by atoms with E-state index in [0.29, 0.717) is 12.1 Å². The van der Waals surface area contributed by atoms with E-state index in [-0.39, 0.29) is 12.5 Å². The zero-order valence-electron chi connectivity index (χ0n) is 16.0. The molecule has 0 radical (unpaired) electrons. The molecule has 0 unspecified atom stereocenters. The highest BCUT2D eigenvalue weighted by Gasteiger charge is 2.09. The van der Waals surface area contributed by atoms with Crippen LogP contribution in [0.25, 0.3) is 11.1 Å². The summed E-state index contributed by atoms with van der Waals surface area (Å²) in [5.74, 6) is -0.545. The van der Waals surface area contributed by atoms with Crippen molar-refractivity contribution in [2.45, 2.75) is 33.2 Å². The molecule has 0 aliphatic heterocycles. The highest BCUT2D eigenvalue weighted by Crippen LogP contribution is 2.19. The summed E-state index contributed by atoms with van der Waals surface area (Å²) in [6.07, 6.45) is 5.14. The second kappa shape index (κ2) is 8.51. The van der Waals surface area contributed by atoms with Crippen LogP contribution in [-0.2, 0) is 17.8 Å². The first-order valence-corrected chi connectivity index (χ1v) is 9.14. The van der Waals surface area contributed by atoms with Crippen LogP contribution >= 0.6 is 0 Å². The number of hydrogen-bond acceptors (Lipinski definition) is 4. The number of benzene rings is 1. The maximum atomic E-state index is 12.3. The third kappa shape index (κ3) is 4.64. The Morgan fingerprint density at radius 2 is 1.93 bits per heavy atom. The largest absolute Gasteiger partial charge is 0.368 e. The Bertz CT molecular complexity index is 952. The fourth-order valence-corrected chi connectivity index (χ4v) is 3.08. The number of aromatic nitrogens is 4. The van der Waals surface area contributed by atoms with Crippen LogP contribution in [0.15, 0.2) is 36.7 Å². The van der Waals surface area contributed by atoms with Gasteiger partial charge in [0.1, 0.15) is 6.54 Å². The van der Waals surface area contributed by atoms with Gasteiger partial charge in [0.05, 0.1) is 11.9 Å². The molecular formula is C20H24N6O2. The number of hydrogen-bond donors (Lipinski definition) is 3. The SMILES string of the molecule is Cc1n[nH]c(C)c1CCCNC(=O)c1ccc(-c2cnn(CC(N)=O)c2)cc1. The molecule has 1 aromatic carbocycles. The summed E-state index contributed by atoms with van der Waals surface area (Å²) < 4.78 is 1.49. The van der Waals surface area contributed by atoms with Gasteiger partial charge < -0.3 is 11.1 Å². The quantitative estimate of drug-likeness (QED) is 0.516. The molecule has 0 bridgehead atoms. The summed E-state index contributed by atoms with van der Waals surface area (Å²) >= 11 is 0. The van der Waals surface area contributed by atoms with Gasteiger partial charge in [-0.25, -0.2) is 0 Å². The van der Waals surface area contributed by atoms with Crippen LogP contribution in [0.1, 0.15) is 33.7 Å². The first-order valence-electron chi connectivity index (χ1n) is 9.14. The molecule has 3 rings (SSSR count). The van der Waals surface area contributed by atoms with E-state index in [0.717, 1.165) is 35.4 Å². The van der Waals surface area contributed by atoms with Gasteiger partial charge in [-0.1, -0.05) is 12.1 Å². The highest BCUT2D eigenvalue weighted by molar-refractivity contribution is 5.94. The van der Waals surface area contributed by atoms with Crippen LogP contribution in [0.4, 0.5) is 0 Å². The number of nitrogens with two attached hydrogens (primary N) is 1. The van der Waals surface area contributed by atoms with Crippen molar-refractivity contribution in [1.82, 2.24) is 25.3 Å². The minimum atomic E-state index is -0.445. The molecule has 8 heteroatoms.